The van der Waals surface area contributed by atoms with Gasteiger partial charge in [0.1, 0.15) is 11.5 Å². The zero-order valence-corrected chi connectivity index (χ0v) is 14.5. The maximum atomic E-state index is 12.6. The normalized spacial score (nSPS) is 12.7. The van der Waals surface area contributed by atoms with Crippen LogP contribution in [-0.2, 0) is 10.0 Å². The van der Waals surface area contributed by atoms with Gasteiger partial charge >= 0.3 is 0 Å². The van der Waals surface area contributed by atoms with Crippen LogP contribution in [0.3, 0.4) is 0 Å². The van der Waals surface area contributed by atoms with Crippen molar-refractivity contribution in [2.45, 2.75) is 24.8 Å². The van der Waals surface area contributed by atoms with Gasteiger partial charge < -0.3 is 9.47 Å². The average molecular weight is 335 g/mol. The summed E-state index contributed by atoms with van der Waals surface area (Å²) in [5.74, 6) is 1.30. The number of ether oxygens (including phenoxy) is 2. The molecule has 1 N–H and O–H groups in total. The molecule has 23 heavy (non-hydrogen) atoms. The molecule has 2 aromatic rings. The van der Waals surface area contributed by atoms with Crippen LogP contribution in [0, 0.1) is 6.92 Å². The van der Waals surface area contributed by atoms with Crippen molar-refractivity contribution >= 4 is 10.0 Å². The van der Waals surface area contributed by atoms with Crippen LogP contribution in [0.1, 0.15) is 24.1 Å². The van der Waals surface area contributed by atoms with E-state index in [4.69, 9.17) is 9.47 Å². The van der Waals surface area contributed by atoms with Crippen LogP contribution >= 0.6 is 0 Å². The Morgan fingerprint density at radius 2 is 1.65 bits per heavy atom. The number of hydrogen-bond acceptors (Lipinski definition) is 4. The van der Waals surface area contributed by atoms with Crippen molar-refractivity contribution in [3.05, 3.63) is 53.6 Å². The van der Waals surface area contributed by atoms with Gasteiger partial charge in [-0.05, 0) is 43.7 Å². The van der Waals surface area contributed by atoms with Gasteiger partial charge in [0.25, 0.3) is 0 Å². The fourth-order valence-electron chi connectivity index (χ4n) is 2.41. The van der Waals surface area contributed by atoms with E-state index in [1.54, 1.807) is 39.3 Å². The van der Waals surface area contributed by atoms with Crippen molar-refractivity contribution in [3.63, 3.8) is 0 Å². The van der Waals surface area contributed by atoms with Crippen LogP contribution in [-0.4, -0.2) is 22.6 Å². The summed E-state index contributed by atoms with van der Waals surface area (Å²) >= 11 is 0. The second-order valence-corrected chi connectivity index (χ2v) is 6.93. The monoisotopic (exact) mass is 335 g/mol. The zero-order valence-electron chi connectivity index (χ0n) is 13.7. The van der Waals surface area contributed by atoms with Gasteiger partial charge in [0.2, 0.25) is 10.0 Å². The number of benzene rings is 2. The lowest BCUT2D eigenvalue weighted by atomic mass is 10.1. The van der Waals surface area contributed by atoms with Gasteiger partial charge in [-0.1, -0.05) is 18.2 Å². The Morgan fingerprint density at radius 3 is 2.26 bits per heavy atom. The first kappa shape index (κ1) is 17.3. The van der Waals surface area contributed by atoms with Crippen LogP contribution < -0.4 is 14.2 Å². The van der Waals surface area contributed by atoms with Crippen molar-refractivity contribution in [1.29, 1.82) is 0 Å². The van der Waals surface area contributed by atoms with Crippen LogP contribution in [0.15, 0.2) is 47.4 Å². The van der Waals surface area contributed by atoms with Gasteiger partial charge in [0.05, 0.1) is 19.1 Å². The van der Waals surface area contributed by atoms with Crippen molar-refractivity contribution in [2.24, 2.45) is 0 Å². The Kier molecular flexibility index (Phi) is 5.28. The molecular weight excluding hydrogens is 314 g/mol. The van der Waals surface area contributed by atoms with E-state index < -0.39 is 16.1 Å². The average Bonchev–Trinajstić information content (AvgIpc) is 2.54. The minimum Gasteiger partial charge on any atom is -0.496 e. The highest BCUT2D eigenvalue weighted by Crippen LogP contribution is 2.27. The Morgan fingerprint density at radius 1 is 1.00 bits per heavy atom. The minimum absolute atomic E-state index is 0.206. The zero-order chi connectivity index (χ0) is 17.0. The summed E-state index contributed by atoms with van der Waals surface area (Å²) in [7, 11) is -0.525. The molecule has 0 aromatic heterocycles. The lowest BCUT2D eigenvalue weighted by Crippen LogP contribution is -2.27. The number of methoxy groups -OCH3 is 2. The molecule has 0 spiro atoms. The third-order valence-electron chi connectivity index (χ3n) is 3.61. The van der Waals surface area contributed by atoms with Crippen LogP contribution in [0.4, 0.5) is 0 Å². The number of para-hydroxylation sites is 1. The molecular formula is C17H21NO4S. The molecule has 2 aromatic carbocycles. The molecule has 0 aliphatic carbocycles. The lowest BCUT2D eigenvalue weighted by molar-refractivity contribution is 0.405. The lowest BCUT2D eigenvalue weighted by Gasteiger charge is -2.17. The summed E-state index contributed by atoms with van der Waals surface area (Å²) in [6.45, 7) is 3.59. The van der Waals surface area contributed by atoms with Crippen molar-refractivity contribution in [1.82, 2.24) is 4.72 Å². The Bertz CT molecular complexity index is 787. The quantitative estimate of drug-likeness (QED) is 0.881. The molecule has 6 heteroatoms. The number of nitrogens with one attached hydrogen (secondary N) is 1. The second-order valence-electron chi connectivity index (χ2n) is 5.22. The van der Waals surface area contributed by atoms with E-state index in [0.29, 0.717) is 11.5 Å². The first-order chi connectivity index (χ1) is 10.9. The number of hydrogen-bond donors (Lipinski definition) is 1. The molecule has 0 radical (unpaired) electrons. The largest absolute Gasteiger partial charge is 0.496 e. The molecule has 2 rings (SSSR count). The molecule has 124 valence electrons. The van der Waals surface area contributed by atoms with Gasteiger partial charge in [-0.2, -0.15) is 0 Å². The van der Waals surface area contributed by atoms with E-state index in [0.717, 1.165) is 11.1 Å². The predicted molar refractivity (Wildman–Crippen MR) is 89.5 cm³/mol. The van der Waals surface area contributed by atoms with Gasteiger partial charge in [-0.3, -0.25) is 0 Å². The van der Waals surface area contributed by atoms with Crippen LogP contribution in [0.25, 0.3) is 0 Å². The summed E-state index contributed by atoms with van der Waals surface area (Å²) in [6.07, 6.45) is 0. The highest BCUT2D eigenvalue weighted by atomic mass is 32.2. The van der Waals surface area contributed by atoms with Gasteiger partial charge in [0, 0.05) is 11.6 Å². The molecule has 0 unspecified atom stereocenters. The first-order valence-electron chi connectivity index (χ1n) is 7.19. The van der Waals surface area contributed by atoms with E-state index >= 15 is 0 Å². The Labute approximate surface area is 137 Å². The maximum absolute atomic E-state index is 12.6. The SMILES string of the molecule is COc1ccc(S(=O)(=O)N[C@H](C)c2ccccc2OC)cc1C. The van der Waals surface area contributed by atoms with Gasteiger partial charge in [0.15, 0.2) is 0 Å². The smallest absolute Gasteiger partial charge is 0.241 e. The predicted octanol–water partition coefficient (Wildman–Crippen LogP) is 3.05. The van der Waals surface area contributed by atoms with Crippen LogP contribution in [0.2, 0.25) is 0 Å². The Hall–Kier alpha value is -2.05. The summed E-state index contributed by atoms with van der Waals surface area (Å²) < 4.78 is 38.3. The third-order valence-corrected chi connectivity index (χ3v) is 5.15. The molecule has 0 bridgehead atoms. The van der Waals surface area contributed by atoms with E-state index in [1.165, 1.54) is 6.07 Å². The molecule has 0 heterocycles. The number of sulfonamides is 1. The standard InChI is InChI=1S/C17H21NO4S/c1-12-11-14(9-10-16(12)21-3)23(19,20)18-13(2)15-7-5-6-8-17(15)22-4/h5-11,13,18H,1-4H3/t13-/m1/s1. The highest BCUT2D eigenvalue weighted by molar-refractivity contribution is 7.89. The number of rotatable bonds is 6. The first-order valence-corrected chi connectivity index (χ1v) is 8.67. The molecule has 1 atom stereocenters. The van der Waals surface area contributed by atoms with Crippen molar-refractivity contribution in [3.8, 4) is 11.5 Å². The molecule has 5 nitrogen and oxygen atoms in total. The molecule has 0 aliphatic rings. The second kappa shape index (κ2) is 7.02. The Balaban J connectivity index is 2.29. The van der Waals surface area contributed by atoms with Gasteiger partial charge in [-0.25, -0.2) is 13.1 Å². The summed E-state index contributed by atoms with van der Waals surface area (Å²) in [5, 5.41) is 0. The number of aryl methyl sites for hydroxylation is 1. The minimum atomic E-state index is -3.64. The van der Waals surface area contributed by atoms with E-state index in [2.05, 4.69) is 4.72 Å². The topological polar surface area (TPSA) is 64.6 Å². The highest BCUT2D eigenvalue weighted by Gasteiger charge is 2.21. The third kappa shape index (κ3) is 3.83. The van der Waals surface area contributed by atoms with Crippen LogP contribution in [0.5, 0.6) is 11.5 Å². The van der Waals surface area contributed by atoms with E-state index in [1.807, 2.05) is 25.1 Å². The van der Waals surface area contributed by atoms with E-state index in [-0.39, 0.29) is 4.90 Å². The molecule has 0 saturated carbocycles. The fraction of sp³-hybridized carbons (Fsp3) is 0.294. The van der Waals surface area contributed by atoms with Crippen molar-refractivity contribution < 1.29 is 17.9 Å². The summed E-state index contributed by atoms with van der Waals surface area (Å²) in [4.78, 5) is 0.206. The maximum Gasteiger partial charge on any atom is 0.241 e. The molecule has 0 amide bonds. The molecule has 0 saturated heterocycles. The molecule has 0 aliphatic heterocycles. The van der Waals surface area contributed by atoms with E-state index in [9.17, 15) is 8.42 Å². The van der Waals surface area contributed by atoms with Gasteiger partial charge in [-0.15, -0.1) is 0 Å². The fourth-order valence-corrected chi connectivity index (χ4v) is 3.71. The van der Waals surface area contributed by atoms with Crippen molar-refractivity contribution in [2.75, 3.05) is 14.2 Å². The molecule has 0 fully saturated rings. The summed E-state index contributed by atoms with van der Waals surface area (Å²) in [5.41, 5.74) is 1.55. The summed E-state index contributed by atoms with van der Waals surface area (Å²) in [6, 6.07) is 11.7.